The molecule has 0 heterocycles. The summed E-state index contributed by atoms with van der Waals surface area (Å²) in [5.41, 5.74) is 1.65. The standard InChI is InChI=1S/C32H32N2O6/c35-27-17-9-7-15-23(27)31(39)33-25(19-21-11-3-1-4-12-21)29(37)30(38)26(20-22-13-5-2-6-14-22)34-32(40)24-16-8-10-18-28(24)36/h1-18,25-26,29-30,35-38H,19-20H2,(H,33,39)(H,34,40)/t25-,26+,29-,30-/m0/s1. The summed E-state index contributed by atoms with van der Waals surface area (Å²) in [7, 11) is 0. The number of amides is 2. The molecule has 8 heteroatoms. The number of nitrogens with one attached hydrogen (secondary N) is 2. The van der Waals surface area contributed by atoms with Crippen LogP contribution in [0.2, 0.25) is 0 Å². The molecule has 0 radical (unpaired) electrons. The summed E-state index contributed by atoms with van der Waals surface area (Å²) in [6.45, 7) is 0. The molecule has 2 amide bonds. The molecule has 6 N–H and O–H groups in total. The van der Waals surface area contributed by atoms with Gasteiger partial charge in [0.05, 0.1) is 23.2 Å². The summed E-state index contributed by atoms with van der Waals surface area (Å²) in [6.07, 6.45) is -2.70. The Kier molecular flexibility index (Phi) is 9.51. The van der Waals surface area contributed by atoms with E-state index in [9.17, 15) is 30.0 Å². The molecule has 4 atom stereocenters. The van der Waals surface area contributed by atoms with Gasteiger partial charge < -0.3 is 31.1 Å². The van der Waals surface area contributed by atoms with E-state index in [0.717, 1.165) is 11.1 Å². The Labute approximate surface area is 232 Å². The number of aromatic hydroxyl groups is 2. The lowest BCUT2D eigenvalue weighted by molar-refractivity contribution is -0.0219. The second kappa shape index (κ2) is 13.4. The summed E-state index contributed by atoms with van der Waals surface area (Å²) in [5.74, 6) is -1.68. The molecule has 0 aliphatic heterocycles. The Bertz CT molecular complexity index is 1300. The number of carbonyl (C=O) groups excluding carboxylic acids is 2. The minimum absolute atomic E-state index is 0.0240. The van der Waals surface area contributed by atoms with Gasteiger partial charge in [-0.15, -0.1) is 0 Å². The molecular weight excluding hydrogens is 508 g/mol. The van der Waals surface area contributed by atoms with E-state index < -0.39 is 36.1 Å². The Morgan fingerprint density at radius 2 is 0.850 bits per heavy atom. The van der Waals surface area contributed by atoms with Gasteiger partial charge in [-0.1, -0.05) is 84.9 Å². The van der Waals surface area contributed by atoms with E-state index in [1.807, 2.05) is 60.7 Å². The van der Waals surface area contributed by atoms with Gasteiger partial charge in [0.1, 0.15) is 23.7 Å². The molecule has 40 heavy (non-hydrogen) atoms. The molecule has 0 aliphatic rings. The highest BCUT2D eigenvalue weighted by Crippen LogP contribution is 2.20. The second-order valence-corrected chi connectivity index (χ2v) is 9.55. The van der Waals surface area contributed by atoms with Crippen LogP contribution >= 0.6 is 0 Å². The summed E-state index contributed by atoms with van der Waals surface area (Å²) in [4.78, 5) is 26.2. The van der Waals surface area contributed by atoms with Gasteiger partial charge in [-0.25, -0.2) is 0 Å². The van der Waals surface area contributed by atoms with Crippen molar-refractivity contribution in [1.82, 2.24) is 10.6 Å². The van der Waals surface area contributed by atoms with E-state index in [1.165, 1.54) is 24.3 Å². The summed E-state index contributed by atoms with van der Waals surface area (Å²) in [6, 6.07) is 28.4. The number of carbonyl (C=O) groups is 2. The van der Waals surface area contributed by atoms with E-state index in [1.54, 1.807) is 24.3 Å². The maximum atomic E-state index is 13.1. The number of phenolic OH excluding ortho intramolecular Hbond substituents is 2. The number of phenols is 2. The molecule has 0 aromatic heterocycles. The minimum atomic E-state index is -1.52. The number of rotatable bonds is 11. The Morgan fingerprint density at radius 3 is 1.20 bits per heavy atom. The SMILES string of the molecule is O=C(N[C@@H](Cc1ccccc1)[C@H](O)[C@@H](O)[C@@H](Cc1ccccc1)NC(=O)c1ccccc1O)c1ccccc1O. The van der Waals surface area contributed by atoms with Crippen molar-refractivity contribution in [1.29, 1.82) is 0 Å². The zero-order valence-corrected chi connectivity index (χ0v) is 21.7. The Balaban J connectivity index is 1.62. The second-order valence-electron chi connectivity index (χ2n) is 9.55. The predicted molar refractivity (Wildman–Crippen MR) is 151 cm³/mol. The molecular formula is C32H32N2O6. The third-order valence-corrected chi connectivity index (χ3v) is 6.70. The average Bonchev–Trinajstić information content (AvgIpc) is 2.97. The highest BCUT2D eigenvalue weighted by atomic mass is 16.3. The van der Waals surface area contributed by atoms with E-state index in [0.29, 0.717) is 0 Å². The molecule has 0 fully saturated rings. The number of aliphatic hydroxyl groups is 2. The van der Waals surface area contributed by atoms with Crippen molar-refractivity contribution < 1.29 is 30.0 Å². The molecule has 4 aromatic carbocycles. The van der Waals surface area contributed by atoms with Crippen molar-refractivity contribution in [3.63, 3.8) is 0 Å². The van der Waals surface area contributed by atoms with E-state index in [2.05, 4.69) is 10.6 Å². The smallest absolute Gasteiger partial charge is 0.255 e. The Morgan fingerprint density at radius 1 is 0.525 bits per heavy atom. The van der Waals surface area contributed by atoms with E-state index in [-0.39, 0.29) is 35.5 Å². The molecule has 0 spiro atoms. The van der Waals surface area contributed by atoms with Crippen molar-refractivity contribution in [2.75, 3.05) is 0 Å². The van der Waals surface area contributed by atoms with Crippen molar-refractivity contribution >= 4 is 11.8 Å². The Hall–Kier alpha value is -4.66. The first kappa shape index (κ1) is 28.4. The normalized spacial score (nSPS) is 13.9. The quantitative estimate of drug-likeness (QED) is 0.173. The zero-order valence-electron chi connectivity index (χ0n) is 21.7. The van der Waals surface area contributed by atoms with Gasteiger partial charge in [0.15, 0.2) is 0 Å². The fraction of sp³-hybridized carbons (Fsp3) is 0.188. The van der Waals surface area contributed by atoms with Gasteiger partial charge in [-0.05, 0) is 48.2 Å². The van der Waals surface area contributed by atoms with Crippen LogP contribution in [0.5, 0.6) is 11.5 Å². The topological polar surface area (TPSA) is 139 Å². The fourth-order valence-corrected chi connectivity index (χ4v) is 4.55. The van der Waals surface area contributed by atoms with Crippen LogP contribution in [0.25, 0.3) is 0 Å². The van der Waals surface area contributed by atoms with Crippen LogP contribution in [-0.4, -0.2) is 56.5 Å². The van der Waals surface area contributed by atoms with Crippen molar-refractivity contribution in [3.05, 3.63) is 131 Å². The van der Waals surface area contributed by atoms with Crippen LogP contribution in [-0.2, 0) is 12.8 Å². The monoisotopic (exact) mass is 540 g/mol. The lowest BCUT2D eigenvalue weighted by atomic mass is 9.90. The summed E-state index contributed by atoms with van der Waals surface area (Å²) in [5, 5.41) is 48.8. The van der Waals surface area contributed by atoms with Gasteiger partial charge in [-0.3, -0.25) is 9.59 Å². The number of para-hydroxylation sites is 2. The maximum absolute atomic E-state index is 13.1. The van der Waals surface area contributed by atoms with Crippen LogP contribution in [0.15, 0.2) is 109 Å². The van der Waals surface area contributed by atoms with E-state index >= 15 is 0 Å². The highest BCUT2D eigenvalue weighted by Gasteiger charge is 2.35. The first-order valence-electron chi connectivity index (χ1n) is 12.9. The summed E-state index contributed by atoms with van der Waals surface area (Å²) < 4.78 is 0. The lowest BCUT2D eigenvalue weighted by Crippen LogP contribution is -2.57. The van der Waals surface area contributed by atoms with Crippen molar-refractivity contribution in [2.24, 2.45) is 0 Å². The predicted octanol–water partition coefficient (Wildman–Crippen LogP) is 3.20. The first-order valence-corrected chi connectivity index (χ1v) is 12.9. The van der Waals surface area contributed by atoms with Gasteiger partial charge in [-0.2, -0.15) is 0 Å². The van der Waals surface area contributed by atoms with Crippen LogP contribution in [0.1, 0.15) is 31.8 Å². The zero-order chi connectivity index (χ0) is 28.5. The molecule has 0 bridgehead atoms. The minimum Gasteiger partial charge on any atom is -0.507 e. The van der Waals surface area contributed by atoms with Gasteiger partial charge in [0.2, 0.25) is 0 Å². The highest BCUT2D eigenvalue weighted by molar-refractivity contribution is 5.97. The largest absolute Gasteiger partial charge is 0.507 e. The van der Waals surface area contributed by atoms with Crippen LogP contribution < -0.4 is 10.6 Å². The average molecular weight is 541 g/mol. The van der Waals surface area contributed by atoms with Crippen LogP contribution in [0, 0.1) is 0 Å². The van der Waals surface area contributed by atoms with Crippen molar-refractivity contribution in [2.45, 2.75) is 37.1 Å². The number of benzene rings is 4. The third kappa shape index (κ3) is 7.25. The molecule has 0 unspecified atom stereocenters. The molecule has 0 saturated carbocycles. The first-order chi connectivity index (χ1) is 19.3. The van der Waals surface area contributed by atoms with Crippen LogP contribution in [0.4, 0.5) is 0 Å². The molecule has 4 aromatic rings. The molecule has 8 nitrogen and oxygen atoms in total. The van der Waals surface area contributed by atoms with E-state index in [4.69, 9.17) is 0 Å². The van der Waals surface area contributed by atoms with Gasteiger partial charge in [0.25, 0.3) is 11.8 Å². The van der Waals surface area contributed by atoms with Crippen LogP contribution in [0.3, 0.4) is 0 Å². The van der Waals surface area contributed by atoms with Gasteiger partial charge >= 0.3 is 0 Å². The lowest BCUT2D eigenvalue weighted by Gasteiger charge is -2.33. The fourth-order valence-electron chi connectivity index (χ4n) is 4.55. The summed E-state index contributed by atoms with van der Waals surface area (Å²) >= 11 is 0. The van der Waals surface area contributed by atoms with Gasteiger partial charge in [0, 0.05) is 0 Å². The molecule has 206 valence electrons. The molecule has 0 saturated heterocycles. The molecule has 0 aliphatic carbocycles. The van der Waals surface area contributed by atoms with Crippen molar-refractivity contribution in [3.8, 4) is 11.5 Å². The number of hydrogen-bond acceptors (Lipinski definition) is 6. The molecule has 4 rings (SSSR count). The maximum Gasteiger partial charge on any atom is 0.255 e. The number of hydrogen-bond donors (Lipinski definition) is 6. The third-order valence-electron chi connectivity index (χ3n) is 6.70. The number of aliphatic hydroxyl groups excluding tert-OH is 2.